The van der Waals surface area contributed by atoms with Crippen LogP contribution in [0, 0.1) is 0 Å². The summed E-state index contributed by atoms with van der Waals surface area (Å²) in [6.07, 6.45) is 4.78. The second-order valence-corrected chi connectivity index (χ2v) is 8.67. The minimum atomic E-state index is 0. The quantitative estimate of drug-likeness (QED) is 0.232. The molecule has 0 bridgehead atoms. The molecule has 0 atom stereocenters. The van der Waals surface area contributed by atoms with E-state index in [2.05, 4.69) is 43.4 Å². The fraction of sp³-hybridized carbons (Fsp3) is 0.750. The number of rotatable bonds is 7. The molecule has 32 heavy (non-hydrogen) atoms. The standard InChI is InChI=1S/C20H33N9OS.HI/c1-3-16-23-19(31-25-16)27-14-12-26(13-15-27)18(21-4-2)22-9-7-11-29-20(30)28-10-6-5-8-17(28)24-29;/h3-15H2,1-2H3,(H,21,22);1H. The third kappa shape index (κ3) is 5.80. The van der Waals surface area contributed by atoms with E-state index in [-0.39, 0.29) is 29.7 Å². The number of nitrogens with zero attached hydrogens (tertiary/aromatic N) is 8. The van der Waals surface area contributed by atoms with E-state index in [1.54, 1.807) is 4.68 Å². The van der Waals surface area contributed by atoms with E-state index >= 15 is 0 Å². The average Bonchev–Trinajstić information content (AvgIpc) is 3.41. The first-order valence-corrected chi connectivity index (χ1v) is 12.2. The van der Waals surface area contributed by atoms with Crippen molar-refractivity contribution in [1.29, 1.82) is 0 Å². The number of nitrogens with one attached hydrogen (secondary N) is 1. The van der Waals surface area contributed by atoms with E-state index in [0.29, 0.717) is 13.1 Å². The molecule has 0 saturated carbocycles. The highest BCUT2D eigenvalue weighted by Gasteiger charge is 2.22. The van der Waals surface area contributed by atoms with Crippen molar-refractivity contribution in [2.45, 2.75) is 59.0 Å². The van der Waals surface area contributed by atoms with Gasteiger partial charge in [-0.15, -0.1) is 24.0 Å². The van der Waals surface area contributed by atoms with Crippen molar-refractivity contribution in [2.24, 2.45) is 4.99 Å². The van der Waals surface area contributed by atoms with Crippen LogP contribution >= 0.6 is 35.5 Å². The van der Waals surface area contributed by atoms with Crippen molar-refractivity contribution in [3.05, 3.63) is 22.1 Å². The maximum absolute atomic E-state index is 12.5. The summed E-state index contributed by atoms with van der Waals surface area (Å²) in [5.74, 6) is 2.81. The third-order valence-corrected chi connectivity index (χ3v) is 6.59. The van der Waals surface area contributed by atoms with E-state index in [1.807, 2.05) is 4.57 Å². The molecule has 2 aromatic rings. The summed E-state index contributed by atoms with van der Waals surface area (Å²) >= 11 is 1.49. The number of aliphatic imine (C=N–C) groups is 1. The Morgan fingerprint density at radius 1 is 1.16 bits per heavy atom. The van der Waals surface area contributed by atoms with Gasteiger partial charge in [0.15, 0.2) is 5.96 Å². The molecule has 10 nitrogen and oxygen atoms in total. The van der Waals surface area contributed by atoms with Crippen LogP contribution in [0.15, 0.2) is 9.79 Å². The molecule has 0 aliphatic carbocycles. The number of hydrogen-bond donors (Lipinski definition) is 1. The van der Waals surface area contributed by atoms with Crippen LogP contribution in [0.25, 0.3) is 0 Å². The van der Waals surface area contributed by atoms with Gasteiger partial charge in [0.1, 0.15) is 11.6 Å². The monoisotopic (exact) mass is 575 g/mol. The molecular weight excluding hydrogens is 541 g/mol. The summed E-state index contributed by atoms with van der Waals surface area (Å²) in [5.41, 5.74) is 0.0321. The van der Waals surface area contributed by atoms with Crippen molar-refractivity contribution in [3.8, 4) is 0 Å². The average molecular weight is 576 g/mol. The number of hydrogen-bond acceptors (Lipinski definition) is 7. The van der Waals surface area contributed by atoms with Gasteiger partial charge in [0, 0.05) is 76.7 Å². The van der Waals surface area contributed by atoms with Gasteiger partial charge in [0.05, 0.1) is 0 Å². The molecule has 2 aliphatic rings. The summed E-state index contributed by atoms with van der Waals surface area (Å²) in [7, 11) is 0. The van der Waals surface area contributed by atoms with Gasteiger partial charge in [-0.1, -0.05) is 6.92 Å². The second-order valence-electron chi connectivity index (χ2n) is 7.94. The molecule has 4 heterocycles. The molecule has 178 valence electrons. The summed E-state index contributed by atoms with van der Waals surface area (Å²) in [6.45, 7) is 10.7. The molecule has 1 N–H and O–H groups in total. The number of anilines is 1. The predicted molar refractivity (Wildman–Crippen MR) is 139 cm³/mol. The van der Waals surface area contributed by atoms with E-state index in [9.17, 15) is 4.79 Å². The lowest BCUT2D eigenvalue weighted by molar-refractivity contribution is 0.372. The number of halogens is 1. The Bertz CT molecular complexity index is 945. The van der Waals surface area contributed by atoms with Crippen LogP contribution in [0.4, 0.5) is 5.13 Å². The number of piperazine rings is 1. The highest BCUT2D eigenvalue weighted by Crippen LogP contribution is 2.19. The predicted octanol–water partition coefficient (Wildman–Crippen LogP) is 1.59. The normalized spacial score (nSPS) is 16.6. The summed E-state index contributed by atoms with van der Waals surface area (Å²) in [5, 5.41) is 8.95. The number of aryl methyl sites for hydroxylation is 3. The van der Waals surface area contributed by atoms with Crippen molar-refractivity contribution in [3.63, 3.8) is 0 Å². The Morgan fingerprint density at radius 2 is 1.97 bits per heavy atom. The molecule has 0 spiro atoms. The molecule has 0 amide bonds. The Hall–Kier alpha value is -1.70. The Balaban J connectivity index is 0.00000289. The number of aromatic nitrogens is 5. The molecule has 12 heteroatoms. The SMILES string of the molecule is CCNC(=NCCCn1nc2n(c1=O)CCCC2)N1CCN(c2nc(CC)ns2)CC1.I. The van der Waals surface area contributed by atoms with Crippen molar-refractivity contribution >= 4 is 46.6 Å². The van der Waals surface area contributed by atoms with Gasteiger partial charge in [-0.3, -0.25) is 9.56 Å². The van der Waals surface area contributed by atoms with Gasteiger partial charge < -0.3 is 15.1 Å². The number of fused-ring (bicyclic) bond motifs is 1. The fourth-order valence-electron chi connectivity index (χ4n) is 4.05. The molecule has 4 rings (SSSR count). The van der Waals surface area contributed by atoms with Gasteiger partial charge in [0.25, 0.3) is 0 Å². The third-order valence-electron chi connectivity index (χ3n) is 5.78. The van der Waals surface area contributed by atoms with Crippen molar-refractivity contribution in [1.82, 2.24) is 33.9 Å². The lowest BCUT2D eigenvalue weighted by Crippen LogP contribution is -2.52. The number of guanidine groups is 1. The van der Waals surface area contributed by atoms with E-state index < -0.39 is 0 Å². The molecule has 2 aromatic heterocycles. The summed E-state index contributed by atoms with van der Waals surface area (Å²) in [6, 6.07) is 0. The zero-order valence-electron chi connectivity index (χ0n) is 19.0. The van der Waals surface area contributed by atoms with Crippen LogP contribution in [-0.2, 0) is 25.9 Å². The Kier molecular flexibility index (Phi) is 9.32. The lowest BCUT2D eigenvalue weighted by Gasteiger charge is -2.36. The first-order chi connectivity index (χ1) is 15.2. The summed E-state index contributed by atoms with van der Waals surface area (Å²) in [4.78, 5) is 26.5. The maximum atomic E-state index is 12.5. The van der Waals surface area contributed by atoms with E-state index in [4.69, 9.17) is 4.99 Å². The minimum Gasteiger partial charge on any atom is -0.357 e. The Labute approximate surface area is 210 Å². The molecule has 0 unspecified atom stereocenters. The van der Waals surface area contributed by atoms with Crippen LogP contribution in [0.2, 0.25) is 0 Å². The highest BCUT2D eigenvalue weighted by atomic mass is 127. The van der Waals surface area contributed by atoms with E-state index in [0.717, 1.165) is 94.1 Å². The van der Waals surface area contributed by atoms with Gasteiger partial charge in [-0.2, -0.15) is 9.47 Å². The highest BCUT2D eigenvalue weighted by molar-refractivity contribution is 14.0. The largest absolute Gasteiger partial charge is 0.357 e. The Morgan fingerprint density at radius 3 is 2.66 bits per heavy atom. The molecule has 1 saturated heterocycles. The van der Waals surface area contributed by atoms with Gasteiger partial charge in [0.2, 0.25) is 5.13 Å². The molecule has 0 radical (unpaired) electrons. The van der Waals surface area contributed by atoms with Gasteiger partial charge in [-0.25, -0.2) is 14.5 Å². The summed E-state index contributed by atoms with van der Waals surface area (Å²) < 4.78 is 7.85. The van der Waals surface area contributed by atoms with Crippen LogP contribution in [0.5, 0.6) is 0 Å². The zero-order chi connectivity index (χ0) is 21.6. The van der Waals surface area contributed by atoms with Crippen LogP contribution in [0.1, 0.15) is 44.8 Å². The van der Waals surface area contributed by atoms with E-state index in [1.165, 1.54) is 11.5 Å². The lowest BCUT2D eigenvalue weighted by atomic mass is 10.2. The van der Waals surface area contributed by atoms with Gasteiger partial charge >= 0.3 is 5.69 Å². The maximum Gasteiger partial charge on any atom is 0.345 e. The molecule has 0 aromatic carbocycles. The molecule has 2 aliphatic heterocycles. The van der Waals surface area contributed by atoms with Gasteiger partial charge in [-0.05, 0) is 26.2 Å². The second kappa shape index (κ2) is 12.0. The smallest absolute Gasteiger partial charge is 0.345 e. The van der Waals surface area contributed by atoms with Crippen molar-refractivity contribution < 1.29 is 0 Å². The topological polar surface area (TPSA) is 96.5 Å². The first kappa shape index (κ1) is 24.9. The molecule has 1 fully saturated rings. The van der Waals surface area contributed by atoms with Crippen LogP contribution < -0.4 is 15.9 Å². The minimum absolute atomic E-state index is 0. The van der Waals surface area contributed by atoms with Crippen LogP contribution in [-0.4, -0.2) is 73.8 Å². The van der Waals surface area contributed by atoms with Crippen LogP contribution in [0.3, 0.4) is 0 Å². The first-order valence-electron chi connectivity index (χ1n) is 11.5. The zero-order valence-corrected chi connectivity index (χ0v) is 22.1. The fourth-order valence-corrected chi connectivity index (χ4v) is 4.85. The van der Waals surface area contributed by atoms with Crippen molar-refractivity contribution in [2.75, 3.05) is 44.2 Å². The molecular formula is C20H34IN9OS.